The molecular weight excluding hydrogens is 346 g/mol. The van der Waals surface area contributed by atoms with Crippen LogP contribution in [-0.4, -0.2) is 46.4 Å². The van der Waals surface area contributed by atoms with Gasteiger partial charge in [0, 0.05) is 6.04 Å². The molecule has 0 aliphatic carbocycles. The Morgan fingerprint density at radius 3 is 2.56 bits per heavy atom. The Bertz CT molecular complexity index is 728. The molecule has 1 fully saturated rings. The van der Waals surface area contributed by atoms with Crippen molar-refractivity contribution in [2.45, 2.75) is 26.8 Å². The number of carbonyl (C=O) groups excluding carboxylic acids is 2. The number of imide groups is 1. The fraction of sp³-hybridized carbons (Fsp3) is 0.353. The summed E-state index contributed by atoms with van der Waals surface area (Å²) in [5.74, 6) is -0.736. The molecule has 0 radical (unpaired) electrons. The van der Waals surface area contributed by atoms with E-state index >= 15 is 0 Å². The smallest absolute Gasteiger partial charge is 0.341 e. The minimum Gasteiger partial charge on any atom is -0.490 e. The molecule has 2 rings (SSSR count). The molecule has 25 heavy (non-hydrogen) atoms. The first-order valence-corrected chi connectivity index (χ1v) is 8.53. The van der Waals surface area contributed by atoms with Gasteiger partial charge in [-0.15, -0.1) is 0 Å². The third-order valence-electron chi connectivity index (χ3n) is 3.26. The highest BCUT2D eigenvalue weighted by Gasteiger charge is 2.36. The second-order valence-electron chi connectivity index (χ2n) is 5.47. The van der Waals surface area contributed by atoms with Crippen LogP contribution in [0.1, 0.15) is 26.3 Å². The lowest BCUT2D eigenvalue weighted by atomic mass is 10.1. The maximum absolute atomic E-state index is 12.3. The topological polar surface area (TPSA) is 93.1 Å². The lowest BCUT2D eigenvalue weighted by Gasteiger charge is -2.16. The van der Waals surface area contributed by atoms with Crippen LogP contribution < -0.4 is 9.47 Å². The van der Waals surface area contributed by atoms with Crippen LogP contribution in [0.5, 0.6) is 11.5 Å². The second-order valence-corrected chi connectivity index (χ2v) is 6.46. The number of hydrogen-bond donors (Lipinski definition) is 1. The highest BCUT2D eigenvalue weighted by atomic mass is 32.2. The van der Waals surface area contributed by atoms with Gasteiger partial charge >= 0.3 is 5.97 Å². The van der Waals surface area contributed by atoms with Crippen LogP contribution in [0.15, 0.2) is 23.1 Å². The number of hydrogen-bond acceptors (Lipinski definition) is 6. The van der Waals surface area contributed by atoms with Gasteiger partial charge in [-0.2, -0.15) is 0 Å². The molecule has 2 amide bonds. The van der Waals surface area contributed by atoms with E-state index in [4.69, 9.17) is 14.6 Å². The molecule has 0 spiro atoms. The zero-order valence-corrected chi connectivity index (χ0v) is 15.0. The molecule has 0 aromatic heterocycles. The summed E-state index contributed by atoms with van der Waals surface area (Å²) >= 11 is 0.891. The number of thioether (sulfide) groups is 1. The highest BCUT2D eigenvalue weighted by molar-refractivity contribution is 8.18. The SMILES string of the molecule is CCOc1cc(/C=C2/SC(=O)N(C(C)C)C2=O)ccc1OCC(=O)O. The van der Waals surface area contributed by atoms with Gasteiger partial charge in [-0.3, -0.25) is 14.5 Å². The lowest BCUT2D eigenvalue weighted by Crippen LogP contribution is -2.34. The predicted octanol–water partition coefficient (Wildman–Crippen LogP) is 2.99. The summed E-state index contributed by atoms with van der Waals surface area (Å²) in [6.07, 6.45) is 1.61. The lowest BCUT2D eigenvalue weighted by molar-refractivity contribution is -0.139. The van der Waals surface area contributed by atoms with Crippen molar-refractivity contribution in [2.24, 2.45) is 0 Å². The number of aliphatic carboxylic acids is 1. The van der Waals surface area contributed by atoms with E-state index in [2.05, 4.69) is 0 Å². The zero-order valence-electron chi connectivity index (χ0n) is 14.1. The van der Waals surface area contributed by atoms with E-state index in [1.165, 1.54) is 4.90 Å². The Labute approximate surface area is 149 Å². The van der Waals surface area contributed by atoms with Gasteiger partial charge in [0.15, 0.2) is 18.1 Å². The molecule has 1 aliphatic heterocycles. The van der Waals surface area contributed by atoms with E-state index in [9.17, 15) is 14.4 Å². The molecule has 0 atom stereocenters. The predicted molar refractivity (Wildman–Crippen MR) is 93.7 cm³/mol. The minimum atomic E-state index is -1.09. The van der Waals surface area contributed by atoms with Gasteiger partial charge in [-0.05, 0) is 56.3 Å². The van der Waals surface area contributed by atoms with Crippen molar-refractivity contribution in [3.8, 4) is 11.5 Å². The summed E-state index contributed by atoms with van der Waals surface area (Å²) in [4.78, 5) is 36.4. The number of carboxylic acids is 1. The Morgan fingerprint density at radius 2 is 2.00 bits per heavy atom. The molecule has 1 aromatic rings. The van der Waals surface area contributed by atoms with Crippen LogP contribution in [0.2, 0.25) is 0 Å². The van der Waals surface area contributed by atoms with Gasteiger partial charge in [0.25, 0.3) is 11.1 Å². The summed E-state index contributed by atoms with van der Waals surface area (Å²) in [6, 6.07) is 4.68. The number of carbonyl (C=O) groups is 3. The summed E-state index contributed by atoms with van der Waals surface area (Å²) < 4.78 is 10.6. The fourth-order valence-electron chi connectivity index (χ4n) is 2.22. The maximum atomic E-state index is 12.3. The Balaban J connectivity index is 2.28. The average molecular weight is 365 g/mol. The summed E-state index contributed by atoms with van der Waals surface area (Å²) in [5.41, 5.74) is 0.653. The summed E-state index contributed by atoms with van der Waals surface area (Å²) in [7, 11) is 0. The van der Waals surface area contributed by atoms with Crippen LogP contribution in [-0.2, 0) is 9.59 Å². The Hall–Kier alpha value is -2.48. The van der Waals surface area contributed by atoms with Crippen molar-refractivity contribution >= 4 is 35.0 Å². The minimum absolute atomic E-state index is 0.204. The van der Waals surface area contributed by atoms with E-state index in [0.29, 0.717) is 28.6 Å². The molecule has 134 valence electrons. The molecule has 1 saturated heterocycles. The number of amides is 2. The van der Waals surface area contributed by atoms with Crippen molar-refractivity contribution < 1.29 is 29.0 Å². The molecule has 7 nitrogen and oxygen atoms in total. The fourth-order valence-corrected chi connectivity index (χ4v) is 3.18. The van der Waals surface area contributed by atoms with E-state index in [1.54, 1.807) is 45.0 Å². The highest BCUT2D eigenvalue weighted by Crippen LogP contribution is 2.35. The van der Waals surface area contributed by atoms with E-state index in [1.807, 2.05) is 0 Å². The Morgan fingerprint density at radius 1 is 1.28 bits per heavy atom. The van der Waals surface area contributed by atoms with Gasteiger partial charge in [-0.1, -0.05) is 6.07 Å². The molecule has 1 N–H and O–H groups in total. The van der Waals surface area contributed by atoms with E-state index in [0.717, 1.165) is 11.8 Å². The maximum Gasteiger partial charge on any atom is 0.341 e. The Kier molecular flexibility index (Phi) is 6.08. The molecule has 0 bridgehead atoms. The molecule has 8 heteroatoms. The first-order chi connectivity index (χ1) is 11.8. The van der Waals surface area contributed by atoms with Gasteiger partial charge in [0.05, 0.1) is 11.5 Å². The van der Waals surface area contributed by atoms with Crippen LogP contribution >= 0.6 is 11.8 Å². The third kappa shape index (κ3) is 4.54. The first kappa shape index (κ1) is 18.9. The standard InChI is InChI=1S/C17H19NO6S/c1-4-23-13-7-11(5-6-12(13)24-9-15(19)20)8-14-16(21)18(10(2)3)17(22)25-14/h5-8,10H,4,9H2,1-3H3,(H,19,20)/b14-8+. The van der Waals surface area contributed by atoms with Crippen molar-refractivity contribution in [3.05, 3.63) is 28.7 Å². The van der Waals surface area contributed by atoms with Crippen molar-refractivity contribution in [2.75, 3.05) is 13.2 Å². The van der Waals surface area contributed by atoms with Crippen LogP contribution in [0.3, 0.4) is 0 Å². The molecule has 1 heterocycles. The van der Waals surface area contributed by atoms with E-state index < -0.39 is 12.6 Å². The molecule has 0 saturated carbocycles. The van der Waals surface area contributed by atoms with Gasteiger partial charge < -0.3 is 14.6 Å². The summed E-state index contributed by atoms with van der Waals surface area (Å²) in [5, 5.41) is 8.42. The quantitative estimate of drug-likeness (QED) is 0.742. The average Bonchev–Trinajstić information content (AvgIpc) is 2.80. The van der Waals surface area contributed by atoms with Gasteiger partial charge in [-0.25, -0.2) is 4.79 Å². The molecule has 1 aliphatic rings. The van der Waals surface area contributed by atoms with Gasteiger partial charge in [0.2, 0.25) is 0 Å². The number of rotatable bonds is 7. The molecular formula is C17H19NO6S. The monoisotopic (exact) mass is 365 g/mol. The number of nitrogens with zero attached hydrogens (tertiary/aromatic N) is 1. The van der Waals surface area contributed by atoms with Crippen LogP contribution in [0, 0.1) is 0 Å². The van der Waals surface area contributed by atoms with Gasteiger partial charge in [0.1, 0.15) is 0 Å². The van der Waals surface area contributed by atoms with E-state index in [-0.39, 0.29) is 17.2 Å². The number of benzene rings is 1. The zero-order chi connectivity index (χ0) is 18.6. The molecule has 0 unspecified atom stereocenters. The largest absolute Gasteiger partial charge is 0.490 e. The van der Waals surface area contributed by atoms with Crippen molar-refractivity contribution in [1.29, 1.82) is 0 Å². The first-order valence-electron chi connectivity index (χ1n) is 7.72. The second kappa shape index (κ2) is 8.06. The third-order valence-corrected chi connectivity index (χ3v) is 4.14. The number of carboxylic acid groups (broad SMARTS) is 1. The normalized spacial score (nSPS) is 16.0. The van der Waals surface area contributed by atoms with Crippen molar-refractivity contribution in [1.82, 2.24) is 4.90 Å². The summed E-state index contributed by atoms with van der Waals surface area (Å²) in [6.45, 7) is 5.24. The molecule has 1 aromatic carbocycles. The van der Waals surface area contributed by atoms with Crippen LogP contribution in [0.4, 0.5) is 4.79 Å². The number of ether oxygens (including phenoxy) is 2. The van der Waals surface area contributed by atoms with Crippen LogP contribution in [0.25, 0.3) is 6.08 Å². The van der Waals surface area contributed by atoms with Crippen molar-refractivity contribution in [3.63, 3.8) is 0 Å².